The van der Waals surface area contributed by atoms with Crippen LogP contribution < -0.4 is 0 Å². The molecule has 1 atom stereocenters. The van der Waals surface area contributed by atoms with Crippen molar-refractivity contribution in [1.82, 2.24) is 9.21 Å². The van der Waals surface area contributed by atoms with Gasteiger partial charge in [-0.1, -0.05) is 12.8 Å². The monoisotopic (exact) mass is 669 g/mol. The predicted octanol–water partition coefficient (Wildman–Crippen LogP) is 4.60. The summed E-state index contributed by atoms with van der Waals surface area (Å²) >= 11 is 0. The van der Waals surface area contributed by atoms with Gasteiger partial charge < -0.3 is 10.2 Å². The van der Waals surface area contributed by atoms with Gasteiger partial charge in [-0.2, -0.15) is 0 Å². The van der Waals surface area contributed by atoms with E-state index in [0.29, 0.717) is 18.7 Å². The van der Waals surface area contributed by atoms with Gasteiger partial charge in [-0.25, -0.2) is 21.5 Å². The molecule has 193 valence electrons. The zero-order chi connectivity index (χ0) is 23.4. The number of nitrogens with zero attached hydrogens (tertiary/aromatic N) is 3. The Bertz CT molecular complexity index is 862. The van der Waals surface area contributed by atoms with E-state index in [4.69, 9.17) is 0 Å². The largest absolute Gasteiger partial charge is 0.662 e. The Kier molecular flexibility index (Phi) is 10.5. The molecule has 0 amide bonds. The molecule has 0 saturated carbocycles. The number of rotatable bonds is 7. The van der Waals surface area contributed by atoms with Gasteiger partial charge in [0.25, 0.3) is 0 Å². The van der Waals surface area contributed by atoms with Crippen molar-refractivity contribution in [2.75, 3.05) is 52.1 Å². The van der Waals surface area contributed by atoms with E-state index in [2.05, 4.69) is 10.2 Å². The molecular formula is C25H38F2N3O2ReS-. The quantitative estimate of drug-likeness (QED) is 0.427. The summed E-state index contributed by atoms with van der Waals surface area (Å²) in [5.74, 6) is 0.826. The van der Waals surface area contributed by atoms with Gasteiger partial charge in [0.2, 0.25) is 10.0 Å². The third kappa shape index (κ3) is 7.54. The van der Waals surface area contributed by atoms with Crippen molar-refractivity contribution in [3.63, 3.8) is 0 Å². The number of benzene rings is 1. The first kappa shape index (κ1) is 28.1. The van der Waals surface area contributed by atoms with E-state index >= 15 is 0 Å². The molecule has 0 bridgehead atoms. The summed E-state index contributed by atoms with van der Waals surface area (Å²) in [7, 11) is -3.20. The second-order valence-corrected chi connectivity index (χ2v) is 12.3. The molecule has 3 aliphatic rings. The number of hydrogen-bond acceptors (Lipinski definition) is 3. The standard InChI is InChI=1S/C25H38F2N3O2S.Re/c1-33(31,32)30-14-6-21(7-15-30)25(22-16-23(26)18-24(27)17-22)8-13-29-11-4-20(5-12-29)19-2-9-28-10-3-19;/h16-21,25H,2-15H2,1H3;/q-1;/t25-;/m1./s1. The van der Waals surface area contributed by atoms with Crippen LogP contribution in [0.1, 0.15) is 56.4 Å². The van der Waals surface area contributed by atoms with Crippen LogP contribution in [0.4, 0.5) is 8.78 Å². The predicted molar refractivity (Wildman–Crippen MR) is 128 cm³/mol. The fourth-order valence-electron chi connectivity index (χ4n) is 6.28. The zero-order valence-electron chi connectivity index (χ0n) is 20.1. The topological polar surface area (TPSA) is 54.7 Å². The molecule has 5 nitrogen and oxygen atoms in total. The van der Waals surface area contributed by atoms with Gasteiger partial charge in [-0.3, -0.25) is 0 Å². The molecule has 34 heavy (non-hydrogen) atoms. The van der Waals surface area contributed by atoms with Gasteiger partial charge in [0.15, 0.2) is 0 Å². The van der Waals surface area contributed by atoms with Gasteiger partial charge >= 0.3 is 0 Å². The van der Waals surface area contributed by atoms with E-state index in [-0.39, 0.29) is 32.3 Å². The fourth-order valence-corrected chi connectivity index (χ4v) is 7.16. The molecule has 1 aromatic carbocycles. The molecule has 3 saturated heterocycles. The Morgan fingerprint density at radius 2 is 1.47 bits per heavy atom. The van der Waals surface area contributed by atoms with Crippen molar-refractivity contribution < 1.29 is 37.6 Å². The van der Waals surface area contributed by atoms with Gasteiger partial charge in [0.1, 0.15) is 11.6 Å². The molecule has 0 aromatic heterocycles. The van der Waals surface area contributed by atoms with Crippen LogP contribution in [-0.4, -0.2) is 69.7 Å². The molecule has 3 fully saturated rings. The van der Waals surface area contributed by atoms with Crippen LogP contribution in [-0.2, 0) is 30.4 Å². The maximum Gasteiger partial charge on any atom is 0.211 e. The molecule has 1 radical (unpaired) electrons. The Labute approximate surface area is 217 Å². The first-order valence-corrected chi connectivity index (χ1v) is 14.4. The number of likely N-dealkylation sites (tertiary alicyclic amines) is 1. The first-order valence-electron chi connectivity index (χ1n) is 12.6. The minimum Gasteiger partial charge on any atom is -0.662 e. The van der Waals surface area contributed by atoms with Crippen LogP contribution in [0.25, 0.3) is 5.32 Å². The van der Waals surface area contributed by atoms with Gasteiger partial charge in [0, 0.05) is 39.6 Å². The molecule has 3 heterocycles. The van der Waals surface area contributed by atoms with Crippen molar-refractivity contribution >= 4 is 10.0 Å². The van der Waals surface area contributed by atoms with Crippen LogP contribution in [0.3, 0.4) is 0 Å². The Morgan fingerprint density at radius 1 is 0.912 bits per heavy atom. The summed E-state index contributed by atoms with van der Waals surface area (Å²) in [5.41, 5.74) is 0.714. The first-order chi connectivity index (χ1) is 15.8. The molecule has 3 aliphatic heterocycles. The molecule has 0 aliphatic carbocycles. The average Bonchev–Trinajstić information content (AvgIpc) is 2.79. The van der Waals surface area contributed by atoms with E-state index < -0.39 is 21.7 Å². The summed E-state index contributed by atoms with van der Waals surface area (Å²) in [6, 6.07) is 3.87. The summed E-state index contributed by atoms with van der Waals surface area (Å²) < 4.78 is 53.4. The summed E-state index contributed by atoms with van der Waals surface area (Å²) in [6.45, 7) is 6.11. The maximum atomic E-state index is 14.0. The summed E-state index contributed by atoms with van der Waals surface area (Å²) in [5, 5.41) is 4.49. The normalized spacial score (nSPS) is 23.5. The van der Waals surface area contributed by atoms with Crippen LogP contribution >= 0.6 is 0 Å². The van der Waals surface area contributed by atoms with Gasteiger partial charge in [0.05, 0.1) is 6.26 Å². The Hall–Kier alpha value is -0.428. The Morgan fingerprint density at radius 3 is 2.03 bits per heavy atom. The molecular weight excluding hydrogens is 631 g/mol. The number of piperidine rings is 3. The van der Waals surface area contributed by atoms with E-state index in [9.17, 15) is 17.2 Å². The molecule has 0 unspecified atom stereocenters. The van der Waals surface area contributed by atoms with Crippen molar-refractivity contribution in [3.05, 3.63) is 40.7 Å². The van der Waals surface area contributed by atoms with Gasteiger partial charge in [-0.05, 0) is 93.1 Å². The third-order valence-corrected chi connectivity index (χ3v) is 9.52. The van der Waals surface area contributed by atoms with Crippen LogP contribution in [0, 0.1) is 29.4 Å². The van der Waals surface area contributed by atoms with Crippen molar-refractivity contribution in [3.8, 4) is 0 Å². The number of sulfonamides is 1. The van der Waals surface area contributed by atoms with Crippen LogP contribution in [0.2, 0.25) is 0 Å². The third-order valence-electron chi connectivity index (χ3n) is 8.22. The van der Waals surface area contributed by atoms with E-state index in [0.717, 1.165) is 69.9 Å². The number of hydrogen-bond donors (Lipinski definition) is 0. The summed E-state index contributed by atoms with van der Waals surface area (Å²) in [6.07, 6.45) is 8.49. The number of halogens is 2. The molecule has 4 rings (SSSR count). The minimum atomic E-state index is -3.20. The van der Waals surface area contributed by atoms with Crippen molar-refractivity contribution in [2.24, 2.45) is 17.8 Å². The SMILES string of the molecule is CS(=O)(=O)N1CCC([C@@H](CCN2CCC(C3CC[N-]CC3)CC2)c2cc(F)cc(F)c2)CC1.[Re]. The van der Waals surface area contributed by atoms with Crippen molar-refractivity contribution in [2.45, 2.75) is 50.9 Å². The molecule has 0 spiro atoms. The fraction of sp³-hybridized carbons (Fsp3) is 0.760. The molecule has 9 heteroatoms. The zero-order valence-corrected chi connectivity index (χ0v) is 23.7. The van der Waals surface area contributed by atoms with Crippen molar-refractivity contribution in [1.29, 1.82) is 0 Å². The molecule has 0 N–H and O–H groups in total. The Balaban J connectivity index is 0.00000324. The summed E-state index contributed by atoms with van der Waals surface area (Å²) in [4.78, 5) is 2.51. The van der Waals surface area contributed by atoms with Crippen LogP contribution in [0.15, 0.2) is 18.2 Å². The minimum absolute atomic E-state index is 0. The maximum absolute atomic E-state index is 14.0. The second kappa shape index (κ2) is 12.7. The smallest absolute Gasteiger partial charge is 0.211 e. The van der Waals surface area contributed by atoms with Crippen LogP contribution in [0.5, 0.6) is 0 Å². The average molecular weight is 669 g/mol. The van der Waals surface area contributed by atoms with E-state index in [1.165, 1.54) is 48.4 Å². The second-order valence-electron chi connectivity index (χ2n) is 10.3. The van der Waals surface area contributed by atoms with E-state index in [1.54, 1.807) is 0 Å². The molecule has 1 aromatic rings. The van der Waals surface area contributed by atoms with Gasteiger partial charge in [-0.15, -0.1) is 13.1 Å². The van der Waals surface area contributed by atoms with E-state index in [1.807, 2.05) is 0 Å².